The molecule has 0 unspecified atom stereocenters. The van der Waals surface area contributed by atoms with Crippen LogP contribution in [0.25, 0.3) is 25.9 Å². The number of carbonyl (C=O) groups excluding carboxylic acids is 1. The average Bonchev–Trinajstić information content (AvgIpc) is 2.92. The second-order valence-corrected chi connectivity index (χ2v) is 7.64. The Morgan fingerprint density at radius 3 is 3.04 bits per heavy atom. The zero-order chi connectivity index (χ0) is 19.7. The number of benzene rings is 1. The van der Waals surface area contributed by atoms with Crippen molar-refractivity contribution in [2.24, 2.45) is 0 Å². The number of rotatable bonds is 3. The number of nitrogens with two attached hydrogens (primary N) is 1. The molecule has 0 saturated heterocycles. The Morgan fingerprint density at radius 2 is 2.21 bits per heavy atom. The summed E-state index contributed by atoms with van der Waals surface area (Å²) in [6.07, 6.45) is 10.5. The topological polar surface area (TPSA) is 84.1 Å². The number of fused-ring (bicyclic) bond motifs is 3. The summed E-state index contributed by atoms with van der Waals surface area (Å²) in [5, 5.41) is 4.05. The highest BCUT2D eigenvalue weighted by atomic mass is 32.1. The summed E-state index contributed by atoms with van der Waals surface area (Å²) in [5.74, 6) is 0.509. The van der Waals surface area contributed by atoms with Crippen LogP contribution in [-0.2, 0) is 0 Å². The molecule has 2 heterocycles. The van der Waals surface area contributed by atoms with Gasteiger partial charge in [-0.05, 0) is 36.6 Å². The van der Waals surface area contributed by atoms with E-state index in [1.807, 2.05) is 19.1 Å². The van der Waals surface area contributed by atoms with E-state index in [4.69, 9.17) is 5.73 Å². The summed E-state index contributed by atoms with van der Waals surface area (Å²) in [6.45, 7) is 2.60. The second kappa shape index (κ2) is 7.44. The summed E-state index contributed by atoms with van der Waals surface area (Å²) in [6, 6.07) is 6.18. The molecule has 3 N–H and O–H groups in total. The molecule has 1 aromatic carbocycles. The molecular weight excluding hydrogens is 370 g/mol. The maximum absolute atomic E-state index is 12.2. The first-order chi connectivity index (χ1) is 13.6. The highest BCUT2D eigenvalue weighted by Crippen LogP contribution is 2.36. The van der Waals surface area contributed by atoms with Crippen molar-refractivity contribution in [2.75, 3.05) is 19.3 Å². The fourth-order valence-electron chi connectivity index (χ4n) is 3.07. The number of hydrogen-bond acceptors (Lipinski definition) is 5. The third-order valence-corrected chi connectivity index (χ3v) is 5.93. The van der Waals surface area contributed by atoms with Gasteiger partial charge in [-0.15, -0.1) is 11.3 Å². The molecule has 28 heavy (non-hydrogen) atoms. The van der Waals surface area contributed by atoms with Crippen molar-refractivity contribution in [3.05, 3.63) is 60.1 Å². The molecule has 7 heteroatoms. The standard InChI is InChI=1S/C21H21N5OS/c1-3-26(2)21(27)25-15-7-5-4-6-13(10-15)14-8-9-16-17(11-14)28-19-18(16)23-12-24-20(19)22/h4,6-12H,3,5H2,1-2H3,(H,25,27)(H2,22,23,24). The summed E-state index contributed by atoms with van der Waals surface area (Å²) >= 11 is 1.60. The molecule has 6 nitrogen and oxygen atoms in total. The van der Waals surface area contributed by atoms with E-state index < -0.39 is 0 Å². The molecule has 4 rings (SSSR count). The van der Waals surface area contributed by atoms with Gasteiger partial charge in [0, 0.05) is 29.4 Å². The number of nitrogens with one attached hydrogen (secondary N) is 1. The zero-order valence-electron chi connectivity index (χ0n) is 15.8. The maximum atomic E-state index is 12.2. The Kier molecular flexibility index (Phi) is 4.83. The molecule has 142 valence electrons. The van der Waals surface area contributed by atoms with Gasteiger partial charge in [0.1, 0.15) is 12.1 Å². The number of nitrogen functional groups attached to an aromatic ring is 1. The molecule has 3 aromatic rings. The van der Waals surface area contributed by atoms with Crippen LogP contribution in [0.3, 0.4) is 0 Å². The summed E-state index contributed by atoms with van der Waals surface area (Å²) in [7, 11) is 1.78. The first-order valence-corrected chi connectivity index (χ1v) is 9.92. The van der Waals surface area contributed by atoms with Crippen LogP contribution in [0.15, 0.2) is 54.5 Å². The van der Waals surface area contributed by atoms with E-state index in [0.29, 0.717) is 12.4 Å². The SMILES string of the molecule is CCN(C)C(=O)NC1=CCC=CC(c2ccc3c(c2)sc2c(N)ncnc23)=C1. The van der Waals surface area contributed by atoms with Gasteiger partial charge in [-0.3, -0.25) is 0 Å². The predicted octanol–water partition coefficient (Wildman–Crippen LogP) is 4.32. The van der Waals surface area contributed by atoms with Gasteiger partial charge in [-0.2, -0.15) is 0 Å². The Balaban J connectivity index is 1.71. The van der Waals surface area contributed by atoms with Crippen LogP contribution in [0, 0.1) is 0 Å². The minimum Gasteiger partial charge on any atom is -0.382 e. The predicted molar refractivity (Wildman–Crippen MR) is 116 cm³/mol. The number of allylic oxidation sites excluding steroid dienone is 5. The van der Waals surface area contributed by atoms with Gasteiger partial charge in [-0.1, -0.05) is 30.4 Å². The smallest absolute Gasteiger partial charge is 0.321 e. The lowest BCUT2D eigenvalue weighted by Crippen LogP contribution is -2.36. The molecule has 0 aliphatic heterocycles. The summed E-state index contributed by atoms with van der Waals surface area (Å²) in [5.41, 5.74) is 9.82. The summed E-state index contributed by atoms with van der Waals surface area (Å²) in [4.78, 5) is 22.3. The number of carbonyl (C=O) groups is 1. The van der Waals surface area contributed by atoms with Crippen LogP contribution >= 0.6 is 11.3 Å². The Morgan fingerprint density at radius 1 is 1.36 bits per heavy atom. The third kappa shape index (κ3) is 3.36. The van der Waals surface area contributed by atoms with Gasteiger partial charge in [0.05, 0.1) is 10.2 Å². The largest absolute Gasteiger partial charge is 0.382 e. The van der Waals surface area contributed by atoms with Crippen LogP contribution in [0.1, 0.15) is 18.9 Å². The normalized spacial score (nSPS) is 13.9. The van der Waals surface area contributed by atoms with Gasteiger partial charge in [-0.25, -0.2) is 14.8 Å². The molecule has 1 aliphatic carbocycles. The van der Waals surface area contributed by atoms with Crippen LogP contribution in [0.4, 0.5) is 10.6 Å². The number of aromatic nitrogens is 2. The van der Waals surface area contributed by atoms with Gasteiger partial charge in [0.15, 0.2) is 0 Å². The monoisotopic (exact) mass is 391 g/mol. The summed E-state index contributed by atoms with van der Waals surface area (Å²) < 4.78 is 2.02. The van der Waals surface area contributed by atoms with Crippen molar-refractivity contribution in [1.82, 2.24) is 20.2 Å². The number of thiophene rings is 1. The van der Waals surface area contributed by atoms with E-state index in [9.17, 15) is 4.79 Å². The Hall–Kier alpha value is -3.19. The van der Waals surface area contributed by atoms with E-state index in [1.54, 1.807) is 23.3 Å². The lowest BCUT2D eigenvalue weighted by molar-refractivity contribution is 0.214. The number of hydrogen-bond donors (Lipinski definition) is 2. The minimum atomic E-state index is -0.111. The van der Waals surface area contributed by atoms with Crippen LogP contribution in [0.5, 0.6) is 0 Å². The Labute approximate surface area is 167 Å². The van der Waals surface area contributed by atoms with Crippen LogP contribution < -0.4 is 11.1 Å². The fraction of sp³-hybridized carbons (Fsp3) is 0.190. The number of nitrogens with zero attached hydrogens (tertiary/aromatic N) is 3. The minimum absolute atomic E-state index is 0.111. The highest BCUT2D eigenvalue weighted by Gasteiger charge is 2.13. The molecular formula is C21H21N5OS. The van der Waals surface area contributed by atoms with Crippen molar-refractivity contribution >= 4 is 49.1 Å². The zero-order valence-corrected chi connectivity index (χ0v) is 16.6. The van der Waals surface area contributed by atoms with Crippen molar-refractivity contribution in [3.8, 4) is 0 Å². The third-order valence-electron chi connectivity index (χ3n) is 4.77. The molecule has 0 bridgehead atoms. The van der Waals surface area contributed by atoms with Crippen LogP contribution in [-0.4, -0.2) is 34.5 Å². The van der Waals surface area contributed by atoms with E-state index in [0.717, 1.165) is 43.6 Å². The highest BCUT2D eigenvalue weighted by molar-refractivity contribution is 7.26. The van der Waals surface area contributed by atoms with E-state index in [-0.39, 0.29) is 6.03 Å². The Bertz CT molecular complexity index is 1160. The van der Waals surface area contributed by atoms with Gasteiger partial charge >= 0.3 is 6.03 Å². The lowest BCUT2D eigenvalue weighted by atomic mass is 10.0. The van der Waals surface area contributed by atoms with Crippen molar-refractivity contribution in [2.45, 2.75) is 13.3 Å². The lowest BCUT2D eigenvalue weighted by Gasteiger charge is -2.16. The number of anilines is 1. The molecule has 0 atom stereocenters. The fourth-order valence-corrected chi connectivity index (χ4v) is 4.16. The molecule has 1 aliphatic rings. The van der Waals surface area contributed by atoms with Gasteiger partial charge < -0.3 is 16.0 Å². The second-order valence-electron chi connectivity index (χ2n) is 6.59. The number of amides is 2. The molecule has 0 spiro atoms. The first kappa shape index (κ1) is 18.2. The molecule has 2 aromatic heterocycles. The molecule has 0 fully saturated rings. The average molecular weight is 392 g/mol. The van der Waals surface area contributed by atoms with Crippen LogP contribution in [0.2, 0.25) is 0 Å². The van der Waals surface area contributed by atoms with E-state index in [2.05, 4.69) is 45.6 Å². The molecule has 2 amide bonds. The van der Waals surface area contributed by atoms with Crippen molar-refractivity contribution in [3.63, 3.8) is 0 Å². The molecule has 0 saturated carbocycles. The van der Waals surface area contributed by atoms with Gasteiger partial charge in [0.2, 0.25) is 0 Å². The number of urea groups is 1. The van der Waals surface area contributed by atoms with Crippen molar-refractivity contribution < 1.29 is 4.79 Å². The van der Waals surface area contributed by atoms with E-state index in [1.165, 1.54) is 6.33 Å². The van der Waals surface area contributed by atoms with Crippen molar-refractivity contribution in [1.29, 1.82) is 0 Å². The quantitative estimate of drug-likeness (QED) is 0.697. The van der Waals surface area contributed by atoms with E-state index >= 15 is 0 Å². The molecule has 0 radical (unpaired) electrons. The van der Waals surface area contributed by atoms with Gasteiger partial charge in [0.25, 0.3) is 0 Å². The maximum Gasteiger partial charge on any atom is 0.321 e. The first-order valence-electron chi connectivity index (χ1n) is 9.10.